The first-order chi connectivity index (χ1) is 38.2. The van der Waals surface area contributed by atoms with E-state index in [4.69, 9.17) is 72.1 Å². The van der Waals surface area contributed by atoms with Gasteiger partial charge in [-0.15, -0.1) is 0 Å². The Morgan fingerprint density at radius 2 is 0.364 bits per heavy atom. The number of aliphatic hydroxyl groups is 8. The van der Waals surface area contributed by atoms with E-state index in [0.29, 0.717) is 33.4 Å². The topological polar surface area (TPSA) is 521 Å². The van der Waals surface area contributed by atoms with Gasteiger partial charge >= 0.3 is 0 Å². The molecule has 0 fully saturated rings. The molecule has 0 heterocycles. The first-order valence-corrected chi connectivity index (χ1v) is 23.3. The summed E-state index contributed by atoms with van der Waals surface area (Å²) in [6, 6.07) is 0. The Kier molecular flexibility index (Phi) is 120. The van der Waals surface area contributed by atoms with Crippen LogP contribution in [-0.4, -0.2) is 157 Å². The fraction of sp³-hybridized carbons (Fsp3) is 0.222. The van der Waals surface area contributed by atoms with Crippen LogP contribution in [-0.2, 0) is 131 Å². The number of rotatable bonds is 6. The maximum absolute atomic E-state index is 10.8. The van der Waals surface area contributed by atoms with E-state index in [0.717, 1.165) is 0 Å². The quantitative estimate of drug-likeness (QED) is 0.0732. The SMILES string of the molecule is CC(O)O.CC(O)O.CCO.CCO.CCO.CCO.O.O.O=C1C=CC=CC1=CNO.O=C1C=CC=CC1=CNO.O=C1C=CC=CC1=CNO.O=C1C=CC=CC1=CNO.O=C1C=CC=CC1=CNO.O=C1C=CC=CC1=CNO.[Mn].[Mn].[Mn].[Mn].[Mn].[Mn]. The Labute approximate surface area is 574 Å². The van der Waals surface area contributed by atoms with Crippen LogP contribution in [0.3, 0.4) is 0 Å². The summed E-state index contributed by atoms with van der Waals surface area (Å²) in [6.45, 7) is 10.3. The zero-order chi connectivity index (χ0) is 62.4. The van der Waals surface area contributed by atoms with Gasteiger partial charge in [0.2, 0.25) is 0 Å². The second-order valence-corrected chi connectivity index (χ2v) is 13.4. The summed E-state index contributed by atoms with van der Waals surface area (Å²) in [4.78, 5) is 65.0. The van der Waals surface area contributed by atoms with Crippen LogP contribution < -0.4 is 32.9 Å². The number of aliphatic hydroxyl groups excluding tert-OH is 6. The van der Waals surface area contributed by atoms with Gasteiger partial charge < -0.3 is 51.8 Å². The monoisotopic (exact) mass is 1500 g/mol. The number of allylic oxidation sites excluding steroid dienone is 30. The predicted octanol–water partition coefficient (Wildman–Crippen LogP) is 0.229. The summed E-state index contributed by atoms with van der Waals surface area (Å²) in [5.74, 6) is -0.644. The Balaban J connectivity index is -0.0000000576. The van der Waals surface area contributed by atoms with E-state index >= 15 is 0 Å². The van der Waals surface area contributed by atoms with Crippen molar-refractivity contribution in [2.45, 2.75) is 54.1 Å². The smallest absolute Gasteiger partial charge is 0.187 e. The summed E-state index contributed by atoms with van der Waals surface area (Å²) in [5, 5.41) is 110. The number of carbonyl (C=O) groups excluding carboxylic acids is 6. The van der Waals surface area contributed by atoms with E-state index in [1.54, 1.807) is 170 Å². The van der Waals surface area contributed by atoms with E-state index in [-0.39, 0.29) is 174 Å². The zero-order valence-electron chi connectivity index (χ0n) is 48.3. The van der Waals surface area contributed by atoms with Gasteiger partial charge in [-0.25, -0.2) is 0 Å². The van der Waals surface area contributed by atoms with Crippen molar-refractivity contribution in [2.24, 2.45) is 0 Å². The van der Waals surface area contributed by atoms with Crippen molar-refractivity contribution in [3.05, 3.63) is 216 Å². The minimum atomic E-state index is -1.17. The number of hydrogen-bond acceptors (Lipinski definition) is 26. The average molecular weight is 1500 g/mol. The van der Waals surface area contributed by atoms with Crippen LogP contribution in [0, 0.1) is 0 Å². The third-order valence-electron chi connectivity index (χ3n) is 6.83. The summed E-state index contributed by atoms with van der Waals surface area (Å²) >= 11 is 0. The van der Waals surface area contributed by atoms with E-state index in [1.807, 2.05) is 0 Å². The first-order valence-electron chi connectivity index (χ1n) is 23.3. The van der Waals surface area contributed by atoms with Crippen molar-refractivity contribution in [1.82, 2.24) is 32.9 Å². The third kappa shape index (κ3) is 82.7. The van der Waals surface area contributed by atoms with Crippen molar-refractivity contribution in [2.75, 3.05) is 26.4 Å². The van der Waals surface area contributed by atoms with Crippen LogP contribution in [0.25, 0.3) is 0 Å². The summed E-state index contributed by atoms with van der Waals surface area (Å²) in [6.07, 6.45) is 43.7. The molecule has 34 heteroatoms. The first kappa shape index (κ1) is 117. The average Bonchev–Trinajstić information content (AvgIpc) is 3.40. The Morgan fingerprint density at radius 1 is 0.284 bits per heavy atom. The van der Waals surface area contributed by atoms with Crippen LogP contribution in [0.1, 0.15) is 41.5 Å². The van der Waals surface area contributed by atoms with Crippen molar-refractivity contribution in [3.8, 4) is 0 Å². The zero-order valence-corrected chi connectivity index (χ0v) is 55.4. The van der Waals surface area contributed by atoms with Crippen molar-refractivity contribution in [1.29, 1.82) is 0 Å². The predicted molar refractivity (Wildman–Crippen MR) is 304 cm³/mol. The fourth-order valence-electron chi connectivity index (χ4n) is 4.02. The maximum atomic E-state index is 10.8. The van der Waals surface area contributed by atoms with Crippen LogP contribution in [0.5, 0.6) is 0 Å². The second kappa shape index (κ2) is 90.4. The molecule has 0 aromatic rings. The number of hydroxylamine groups is 6. The molecule has 6 aliphatic rings. The summed E-state index contributed by atoms with van der Waals surface area (Å²) < 4.78 is 0. The molecule has 0 saturated heterocycles. The fourth-order valence-corrected chi connectivity index (χ4v) is 4.02. The molecule has 6 radical (unpaired) electrons. The van der Waals surface area contributed by atoms with Crippen LogP contribution in [0.2, 0.25) is 0 Å². The molecule has 502 valence electrons. The molecule has 88 heavy (non-hydrogen) atoms. The molecule has 28 nitrogen and oxygen atoms in total. The van der Waals surface area contributed by atoms with Crippen LogP contribution >= 0.6 is 0 Å². The Bertz CT molecular complexity index is 1950. The summed E-state index contributed by atoms with van der Waals surface area (Å²) in [7, 11) is 0. The molecule has 24 N–H and O–H groups in total. The Hall–Kier alpha value is -5.38. The van der Waals surface area contributed by atoms with Gasteiger partial charge in [0, 0.05) is 199 Å². The molecule has 0 aromatic carbocycles. The van der Waals surface area contributed by atoms with Crippen LogP contribution in [0.4, 0.5) is 0 Å². The van der Waals surface area contributed by atoms with Gasteiger partial charge in [0.15, 0.2) is 34.7 Å². The molecular weight excluding hydrogens is 1410 g/mol. The van der Waals surface area contributed by atoms with Crippen molar-refractivity contribution < 1.29 is 214 Å². The molecule has 6 aliphatic carbocycles. The van der Waals surface area contributed by atoms with Gasteiger partial charge in [0.25, 0.3) is 0 Å². The van der Waals surface area contributed by atoms with E-state index in [2.05, 4.69) is 0 Å². The molecule has 0 amide bonds. The molecule has 0 aliphatic heterocycles. The molecule has 0 unspecified atom stereocenters. The Morgan fingerprint density at radius 3 is 0.432 bits per heavy atom. The molecule has 0 atom stereocenters. The summed E-state index contributed by atoms with van der Waals surface area (Å²) in [5.41, 5.74) is 13.5. The van der Waals surface area contributed by atoms with E-state index < -0.39 is 12.6 Å². The van der Waals surface area contributed by atoms with Gasteiger partial charge in [0.05, 0.1) is 0 Å². The van der Waals surface area contributed by atoms with Gasteiger partial charge in [-0.05, 0) is 114 Å². The van der Waals surface area contributed by atoms with E-state index in [9.17, 15) is 28.8 Å². The minimum absolute atomic E-state index is 0. The molecule has 0 bridgehead atoms. The maximum Gasteiger partial charge on any atom is 0.187 e. The minimum Gasteiger partial charge on any atom is -0.412 e. The van der Waals surface area contributed by atoms with Crippen LogP contribution in [0.15, 0.2) is 216 Å². The number of carbonyl (C=O) groups is 6. The molecule has 0 aromatic heterocycles. The second-order valence-electron chi connectivity index (χ2n) is 13.4. The van der Waals surface area contributed by atoms with E-state index in [1.165, 1.54) is 87.5 Å². The van der Waals surface area contributed by atoms with Crippen molar-refractivity contribution >= 4 is 34.7 Å². The van der Waals surface area contributed by atoms with Gasteiger partial charge in [-0.3, -0.25) is 92.9 Å². The molecular formula is C54H82Mn6N6O22. The molecule has 6 rings (SSSR count). The van der Waals surface area contributed by atoms with Gasteiger partial charge in [-0.1, -0.05) is 72.9 Å². The largest absolute Gasteiger partial charge is 0.412 e. The number of ketones is 6. The molecule has 0 saturated carbocycles. The van der Waals surface area contributed by atoms with Gasteiger partial charge in [0.1, 0.15) is 12.6 Å². The number of hydrogen-bond donors (Lipinski definition) is 20. The molecule has 0 spiro atoms. The van der Waals surface area contributed by atoms with Crippen molar-refractivity contribution in [3.63, 3.8) is 0 Å². The third-order valence-corrected chi connectivity index (χ3v) is 6.83. The normalized spacial score (nSPS) is 15.3. The standard InChI is InChI=1S/6C7H7NO2.2C2H6O2.4C2H6O.6Mn.2H2O/c6*9-7-4-2-1-3-6(7)5-8-10;2*1-2(3)4;4*1-2-3;;;;;;;;/h6*1-5,8,10H;2*2-4H,1H3;4*3H,2H2,1H3;;;;;;;2*1H2. The van der Waals surface area contributed by atoms with Gasteiger partial charge in [-0.2, -0.15) is 0 Å². The number of nitrogens with one attached hydrogen (secondary N) is 6.